The summed E-state index contributed by atoms with van der Waals surface area (Å²) >= 11 is 0. The highest BCUT2D eigenvalue weighted by molar-refractivity contribution is 5.86. The molecule has 2 atom stereocenters. The predicted molar refractivity (Wildman–Crippen MR) is 114 cm³/mol. The van der Waals surface area contributed by atoms with Crippen LogP contribution < -0.4 is 10.2 Å². The van der Waals surface area contributed by atoms with Crippen LogP contribution in [0, 0.1) is 5.82 Å². The van der Waals surface area contributed by atoms with E-state index < -0.39 is 11.8 Å². The number of carbonyl (C=O) groups is 1. The van der Waals surface area contributed by atoms with Gasteiger partial charge in [-0.1, -0.05) is 42.5 Å². The zero-order valence-electron chi connectivity index (χ0n) is 16.4. The van der Waals surface area contributed by atoms with E-state index in [0.717, 1.165) is 25.2 Å². The molecule has 3 aromatic carbocycles. The fourth-order valence-corrected chi connectivity index (χ4v) is 4.26. The Kier molecular flexibility index (Phi) is 5.49. The van der Waals surface area contributed by atoms with Crippen molar-refractivity contribution in [3.8, 4) is 0 Å². The van der Waals surface area contributed by atoms with Gasteiger partial charge in [0, 0.05) is 36.4 Å². The molecule has 150 valence electrons. The third-order valence-electron chi connectivity index (χ3n) is 5.70. The molecule has 2 N–H and O–H groups in total. The zero-order valence-corrected chi connectivity index (χ0v) is 16.4. The van der Waals surface area contributed by atoms with Gasteiger partial charge in [0.15, 0.2) is 0 Å². The Bertz CT molecular complexity index is 1030. The molecule has 1 saturated heterocycles. The highest BCUT2D eigenvalue weighted by Gasteiger charge is 2.25. The molecule has 3 aromatic rings. The smallest absolute Gasteiger partial charge is 0.307 e. The summed E-state index contributed by atoms with van der Waals surface area (Å²) in [6, 6.07) is 20.1. The lowest BCUT2D eigenvalue weighted by Gasteiger charge is -2.23. The van der Waals surface area contributed by atoms with Crippen molar-refractivity contribution in [2.75, 3.05) is 18.0 Å². The number of carboxylic acid groups (broad SMARTS) is 1. The minimum atomic E-state index is -1.02. The normalized spacial score (nSPS) is 17.6. The van der Waals surface area contributed by atoms with Crippen molar-refractivity contribution in [3.05, 3.63) is 77.6 Å². The lowest BCUT2D eigenvalue weighted by atomic mass is 9.99. The van der Waals surface area contributed by atoms with Crippen LogP contribution in [0.4, 0.5) is 10.1 Å². The average Bonchev–Trinajstić information content (AvgIpc) is 3.17. The number of benzene rings is 3. The van der Waals surface area contributed by atoms with E-state index in [2.05, 4.69) is 59.6 Å². The second-order valence-corrected chi connectivity index (χ2v) is 7.73. The first kappa shape index (κ1) is 19.4. The number of rotatable bonds is 6. The van der Waals surface area contributed by atoms with E-state index >= 15 is 0 Å². The maximum absolute atomic E-state index is 13.9. The third-order valence-corrected chi connectivity index (χ3v) is 5.70. The van der Waals surface area contributed by atoms with Gasteiger partial charge in [-0.15, -0.1) is 0 Å². The summed E-state index contributed by atoms with van der Waals surface area (Å²) in [5.74, 6) is -1.49. The lowest BCUT2D eigenvalue weighted by Crippen LogP contribution is -2.34. The van der Waals surface area contributed by atoms with E-state index in [1.807, 2.05) is 0 Å². The van der Waals surface area contributed by atoms with Crippen molar-refractivity contribution in [2.24, 2.45) is 0 Å². The van der Waals surface area contributed by atoms with E-state index in [9.17, 15) is 9.18 Å². The zero-order chi connectivity index (χ0) is 20.4. The van der Waals surface area contributed by atoms with E-state index in [0.29, 0.717) is 6.04 Å². The summed E-state index contributed by atoms with van der Waals surface area (Å²) < 4.78 is 13.9. The number of anilines is 1. The molecule has 1 aliphatic heterocycles. The van der Waals surface area contributed by atoms with Crippen LogP contribution in [-0.4, -0.2) is 30.2 Å². The summed E-state index contributed by atoms with van der Waals surface area (Å²) in [6.45, 7) is 3.86. The second kappa shape index (κ2) is 8.21. The van der Waals surface area contributed by atoms with Gasteiger partial charge in [0.05, 0.1) is 6.42 Å². The van der Waals surface area contributed by atoms with E-state index in [1.54, 1.807) is 12.1 Å². The molecule has 0 aromatic heterocycles. The minimum absolute atomic E-state index is 0.210. The van der Waals surface area contributed by atoms with Crippen LogP contribution in [0.2, 0.25) is 0 Å². The molecule has 4 nitrogen and oxygen atoms in total. The van der Waals surface area contributed by atoms with Crippen molar-refractivity contribution in [3.63, 3.8) is 0 Å². The first-order valence-electron chi connectivity index (χ1n) is 10.00. The Morgan fingerprint density at radius 1 is 1.21 bits per heavy atom. The number of hydrogen-bond donors (Lipinski definition) is 2. The van der Waals surface area contributed by atoms with Crippen molar-refractivity contribution in [2.45, 2.75) is 31.8 Å². The fraction of sp³-hybridized carbons (Fsp3) is 0.292. The number of nitrogens with one attached hydrogen (secondary N) is 1. The largest absolute Gasteiger partial charge is 0.481 e. The molecule has 0 spiro atoms. The van der Waals surface area contributed by atoms with Gasteiger partial charge in [-0.05, 0) is 47.9 Å². The molecule has 5 heteroatoms. The average molecular weight is 392 g/mol. The van der Waals surface area contributed by atoms with Crippen LogP contribution >= 0.6 is 0 Å². The number of aliphatic carboxylic acids is 1. The number of hydrogen-bond acceptors (Lipinski definition) is 3. The van der Waals surface area contributed by atoms with Gasteiger partial charge in [-0.3, -0.25) is 4.79 Å². The SMILES string of the molecule is C[C@@H](N[C@H]1CCN(c2ccc(F)c(CC(=O)O)c2)C1)c1cccc2ccccc12. The lowest BCUT2D eigenvalue weighted by molar-refractivity contribution is -0.136. The second-order valence-electron chi connectivity index (χ2n) is 7.73. The Hall–Kier alpha value is -2.92. The van der Waals surface area contributed by atoms with E-state index in [4.69, 9.17) is 5.11 Å². The Labute approximate surface area is 170 Å². The summed E-state index contributed by atoms with van der Waals surface area (Å²) in [5.41, 5.74) is 2.40. The maximum Gasteiger partial charge on any atom is 0.307 e. The summed E-state index contributed by atoms with van der Waals surface area (Å²) in [5, 5.41) is 15.2. The summed E-state index contributed by atoms with van der Waals surface area (Å²) in [7, 11) is 0. The Morgan fingerprint density at radius 2 is 2.00 bits per heavy atom. The van der Waals surface area contributed by atoms with Crippen molar-refractivity contribution < 1.29 is 14.3 Å². The van der Waals surface area contributed by atoms with Crippen LogP contribution in [0.25, 0.3) is 10.8 Å². The minimum Gasteiger partial charge on any atom is -0.481 e. The molecule has 0 bridgehead atoms. The number of halogens is 1. The van der Waals surface area contributed by atoms with E-state index in [1.165, 1.54) is 22.4 Å². The molecule has 0 unspecified atom stereocenters. The third kappa shape index (κ3) is 4.25. The van der Waals surface area contributed by atoms with Crippen LogP contribution in [0.15, 0.2) is 60.7 Å². The van der Waals surface area contributed by atoms with Gasteiger partial charge < -0.3 is 15.3 Å². The molecule has 1 aliphatic rings. The van der Waals surface area contributed by atoms with E-state index in [-0.39, 0.29) is 18.0 Å². The fourth-order valence-electron chi connectivity index (χ4n) is 4.26. The van der Waals surface area contributed by atoms with Gasteiger partial charge in [0.1, 0.15) is 5.82 Å². The number of carboxylic acids is 1. The van der Waals surface area contributed by atoms with Gasteiger partial charge in [0.25, 0.3) is 0 Å². The number of fused-ring (bicyclic) bond motifs is 1. The molecule has 1 heterocycles. The first-order chi connectivity index (χ1) is 14.0. The Balaban J connectivity index is 1.46. The molecular formula is C24H25FN2O2. The Morgan fingerprint density at radius 3 is 2.83 bits per heavy atom. The van der Waals surface area contributed by atoms with Crippen LogP contribution in [-0.2, 0) is 11.2 Å². The van der Waals surface area contributed by atoms with Gasteiger partial charge in [-0.2, -0.15) is 0 Å². The highest BCUT2D eigenvalue weighted by atomic mass is 19.1. The monoisotopic (exact) mass is 392 g/mol. The highest BCUT2D eigenvalue weighted by Crippen LogP contribution is 2.27. The molecule has 1 fully saturated rings. The van der Waals surface area contributed by atoms with Crippen LogP contribution in [0.5, 0.6) is 0 Å². The quantitative estimate of drug-likeness (QED) is 0.647. The molecular weight excluding hydrogens is 367 g/mol. The standard InChI is InChI=1S/C24H25FN2O2/c1-16(21-8-4-6-17-5-2-3-7-22(17)21)26-19-11-12-27(15-19)20-9-10-23(25)18(13-20)14-24(28)29/h2-10,13,16,19,26H,11-12,14-15H2,1H3,(H,28,29)/t16-,19+/m1/s1. The van der Waals surface area contributed by atoms with Crippen molar-refractivity contribution in [1.29, 1.82) is 0 Å². The van der Waals surface area contributed by atoms with Gasteiger partial charge in [0.2, 0.25) is 0 Å². The predicted octanol–water partition coefficient (Wildman–Crippen LogP) is 4.54. The maximum atomic E-state index is 13.9. The molecule has 29 heavy (non-hydrogen) atoms. The number of nitrogens with zero attached hydrogens (tertiary/aromatic N) is 1. The van der Waals surface area contributed by atoms with Crippen molar-refractivity contribution in [1.82, 2.24) is 5.32 Å². The summed E-state index contributed by atoms with van der Waals surface area (Å²) in [6.07, 6.45) is 0.689. The molecule has 0 aliphatic carbocycles. The van der Waals surface area contributed by atoms with Gasteiger partial charge in [-0.25, -0.2) is 4.39 Å². The molecule has 0 saturated carbocycles. The molecule has 0 amide bonds. The molecule has 4 rings (SSSR count). The van der Waals surface area contributed by atoms with Gasteiger partial charge >= 0.3 is 5.97 Å². The van der Waals surface area contributed by atoms with Crippen molar-refractivity contribution >= 4 is 22.4 Å². The topological polar surface area (TPSA) is 52.6 Å². The first-order valence-corrected chi connectivity index (χ1v) is 10.00. The molecule has 0 radical (unpaired) electrons. The van der Waals surface area contributed by atoms with Crippen LogP contribution in [0.1, 0.15) is 30.5 Å². The van der Waals surface area contributed by atoms with Crippen LogP contribution in [0.3, 0.4) is 0 Å². The summed E-state index contributed by atoms with van der Waals surface area (Å²) in [4.78, 5) is 13.2.